The summed E-state index contributed by atoms with van der Waals surface area (Å²) in [7, 11) is 0. The lowest BCUT2D eigenvalue weighted by Crippen LogP contribution is -2.39. The van der Waals surface area contributed by atoms with Crippen molar-refractivity contribution in [2.24, 2.45) is 0 Å². The number of nitrogens with zero attached hydrogens (tertiary/aromatic N) is 4. The van der Waals surface area contributed by atoms with Gasteiger partial charge in [0.05, 0.1) is 5.56 Å². The first-order valence-electron chi connectivity index (χ1n) is 8.33. The van der Waals surface area contributed by atoms with Crippen molar-refractivity contribution in [1.82, 2.24) is 19.9 Å². The molecule has 1 fully saturated rings. The van der Waals surface area contributed by atoms with Gasteiger partial charge in [0.1, 0.15) is 17.4 Å². The Morgan fingerprint density at radius 3 is 3.04 bits per heavy atom. The number of likely N-dealkylation sites (tertiary alicyclic amines) is 1. The van der Waals surface area contributed by atoms with Crippen molar-refractivity contribution in [2.75, 3.05) is 13.1 Å². The molecule has 6 heteroatoms. The maximum absolute atomic E-state index is 12.7. The third kappa shape index (κ3) is 2.85. The Kier molecular flexibility index (Phi) is 3.90. The molecule has 1 unspecified atom stereocenters. The van der Waals surface area contributed by atoms with E-state index in [1.54, 1.807) is 18.3 Å². The second-order valence-electron chi connectivity index (χ2n) is 6.28. The lowest BCUT2D eigenvalue weighted by molar-refractivity contribution is 0.0701. The van der Waals surface area contributed by atoms with Crippen molar-refractivity contribution < 1.29 is 4.79 Å². The Labute approximate surface area is 145 Å². The number of hydrogen-bond donors (Lipinski definition) is 1. The molecule has 1 aliphatic heterocycles. The van der Waals surface area contributed by atoms with Crippen LogP contribution in [0.2, 0.25) is 0 Å². The maximum atomic E-state index is 12.7. The number of rotatable bonds is 2. The van der Waals surface area contributed by atoms with Crippen molar-refractivity contribution in [2.45, 2.75) is 18.8 Å². The lowest BCUT2D eigenvalue weighted by atomic mass is 9.90. The highest BCUT2D eigenvalue weighted by Crippen LogP contribution is 2.31. The molecule has 0 radical (unpaired) electrons. The van der Waals surface area contributed by atoms with E-state index in [0.29, 0.717) is 17.8 Å². The van der Waals surface area contributed by atoms with E-state index in [1.807, 2.05) is 23.2 Å². The summed E-state index contributed by atoms with van der Waals surface area (Å²) in [5, 5.41) is 9.97. The molecule has 3 aromatic heterocycles. The van der Waals surface area contributed by atoms with Crippen LogP contribution in [-0.2, 0) is 0 Å². The number of H-pyrrole nitrogens is 1. The first-order valence-corrected chi connectivity index (χ1v) is 8.33. The zero-order valence-corrected chi connectivity index (χ0v) is 13.6. The molecule has 124 valence electrons. The number of nitriles is 1. The molecule has 1 N–H and O–H groups in total. The van der Waals surface area contributed by atoms with Gasteiger partial charge in [0.15, 0.2) is 0 Å². The van der Waals surface area contributed by atoms with Crippen molar-refractivity contribution in [3.8, 4) is 6.07 Å². The summed E-state index contributed by atoms with van der Waals surface area (Å²) < 4.78 is 0. The molecule has 4 heterocycles. The highest BCUT2D eigenvalue weighted by atomic mass is 16.2. The first-order chi connectivity index (χ1) is 12.3. The Morgan fingerprint density at radius 1 is 1.32 bits per heavy atom. The Hall–Kier alpha value is -3.20. The molecule has 3 aromatic rings. The normalized spacial score (nSPS) is 17.4. The molecule has 0 bridgehead atoms. The van der Waals surface area contributed by atoms with Gasteiger partial charge in [-0.25, -0.2) is 9.97 Å². The van der Waals surface area contributed by atoms with Gasteiger partial charge in [-0.05, 0) is 42.7 Å². The minimum absolute atomic E-state index is 0.0767. The van der Waals surface area contributed by atoms with Crippen LogP contribution >= 0.6 is 0 Å². The van der Waals surface area contributed by atoms with E-state index >= 15 is 0 Å². The number of amides is 1. The van der Waals surface area contributed by atoms with Crippen molar-refractivity contribution >= 4 is 16.9 Å². The summed E-state index contributed by atoms with van der Waals surface area (Å²) in [6.07, 6.45) is 7.23. The minimum atomic E-state index is -0.0767. The van der Waals surface area contributed by atoms with E-state index in [1.165, 1.54) is 11.8 Å². The lowest BCUT2D eigenvalue weighted by Gasteiger charge is -2.32. The predicted molar refractivity (Wildman–Crippen MR) is 92.9 cm³/mol. The third-order valence-electron chi connectivity index (χ3n) is 4.74. The van der Waals surface area contributed by atoms with E-state index in [2.05, 4.69) is 21.0 Å². The minimum Gasteiger partial charge on any atom is -0.346 e. The molecule has 1 saturated heterocycles. The Morgan fingerprint density at radius 2 is 2.24 bits per heavy atom. The maximum Gasteiger partial charge on any atom is 0.272 e. The molecule has 1 aliphatic rings. The van der Waals surface area contributed by atoms with Gasteiger partial charge in [-0.2, -0.15) is 5.26 Å². The molecule has 1 atom stereocenters. The molecule has 6 nitrogen and oxygen atoms in total. The molecular weight excluding hydrogens is 314 g/mol. The van der Waals surface area contributed by atoms with Gasteiger partial charge in [-0.15, -0.1) is 0 Å². The number of nitrogens with one attached hydrogen (secondary N) is 1. The fourth-order valence-corrected chi connectivity index (χ4v) is 3.48. The number of piperidine rings is 1. The highest BCUT2D eigenvalue weighted by molar-refractivity contribution is 5.92. The summed E-state index contributed by atoms with van der Waals surface area (Å²) in [5.41, 5.74) is 2.95. The zero-order valence-electron chi connectivity index (χ0n) is 13.6. The van der Waals surface area contributed by atoms with Crippen LogP contribution in [0.25, 0.3) is 11.0 Å². The second kappa shape index (κ2) is 6.36. The van der Waals surface area contributed by atoms with Crippen LogP contribution < -0.4 is 0 Å². The summed E-state index contributed by atoms with van der Waals surface area (Å²) >= 11 is 0. The number of carbonyl (C=O) groups is 1. The molecule has 25 heavy (non-hydrogen) atoms. The fourth-order valence-electron chi connectivity index (χ4n) is 3.48. The molecule has 1 amide bonds. The Bertz CT molecular complexity index is 954. The summed E-state index contributed by atoms with van der Waals surface area (Å²) in [4.78, 5) is 26.3. The number of hydrogen-bond acceptors (Lipinski definition) is 4. The molecule has 0 spiro atoms. The van der Waals surface area contributed by atoms with Crippen LogP contribution in [0.4, 0.5) is 0 Å². The average molecular weight is 331 g/mol. The van der Waals surface area contributed by atoms with Crippen LogP contribution in [0.5, 0.6) is 0 Å². The number of aromatic nitrogens is 3. The van der Waals surface area contributed by atoms with E-state index in [-0.39, 0.29) is 11.8 Å². The van der Waals surface area contributed by atoms with Gasteiger partial charge in [-0.3, -0.25) is 4.79 Å². The standard InChI is InChI=1S/C19H17N5O/c20-9-13-5-6-17(22-10-13)19(25)24-8-2-3-14(12-24)16-11-23-18-15(16)4-1-7-21-18/h1,4-7,10-11,14H,2-3,8,12H2,(H,21,23). The van der Waals surface area contributed by atoms with Crippen LogP contribution in [-0.4, -0.2) is 38.8 Å². The van der Waals surface area contributed by atoms with Crippen LogP contribution in [0.1, 0.15) is 40.4 Å². The van der Waals surface area contributed by atoms with Gasteiger partial charge in [0, 0.05) is 43.0 Å². The number of aromatic amines is 1. The van der Waals surface area contributed by atoms with Crippen molar-refractivity contribution in [3.05, 3.63) is 59.7 Å². The number of carbonyl (C=O) groups excluding carboxylic acids is 1. The fraction of sp³-hybridized carbons (Fsp3) is 0.263. The van der Waals surface area contributed by atoms with Crippen molar-refractivity contribution in [1.29, 1.82) is 5.26 Å². The topological polar surface area (TPSA) is 85.7 Å². The second-order valence-corrected chi connectivity index (χ2v) is 6.28. The quantitative estimate of drug-likeness (QED) is 0.782. The number of fused-ring (bicyclic) bond motifs is 1. The van der Waals surface area contributed by atoms with E-state index in [9.17, 15) is 4.79 Å². The summed E-state index contributed by atoms with van der Waals surface area (Å²) in [6, 6.07) is 9.28. The molecule has 4 rings (SSSR count). The van der Waals surface area contributed by atoms with Crippen LogP contribution in [0, 0.1) is 11.3 Å². The average Bonchev–Trinajstić information content (AvgIpc) is 3.12. The predicted octanol–water partition coefficient (Wildman–Crippen LogP) is 2.85. The van der Waals surface area contributed by atoms with Crippen LogP contribution in [0.3, 0.4) is 0 Å². The molecule has 0 aromatic carbocycles. The van der Waals surface area contributed by atoms with Gasteiger partial charge in [0.2, 0.25) is 0 Å². The van der Waals surface area contributed by atoms with E-state index in [0.717, 1.165) is 30.4 Å². The monoisotopic (exact) mass is 331 g/mol. The molecule has 0 aliphatic carbocycles. The van der Waals surface area contributed by atoms with E-state index in [4.69, 9.17) is 5.26 Å². The third-order valence-corrected chi connectivity index (χ3v) is 4.74. The van der Waals surface area contributed by atoms with Crippen molar-refractivity contribution in [3.63, 3.8) is 0 Å². The SMILES string of the molecule is N#Cc1ccc(C(=O)N2CCCC(c3c[nH]c4ncccc34)C2)nc1. The first kappa shape index (κ1) is 15.3. The van der Waals surface area contributed by atoms with Crippen LogP contribution in [0.15, 0.2) is 42.9 Å². The zero-order chi connectivity index (χ0) is 17.2. The van der Waals surface area contributed by atoms with Gasteiger partial charge in [0.25, 0.3) is 5.91 Å². The number of pyridine rings is 2. The smallest absolute Gasteiger partial charge is 0.272 e. The van der Waals surface area contributed by atoms with Gasteiger partial charge >= 0.3 is 0 Å². The molecule has 0 saturated carbocycles. The van der Waals surface area contributed by atoms with E-state index < -0.39 is 0 Å². The Balaban J connectivity index is 1.56. The summed E-state index contributed by atoms with van der Waals surface area (Å²) in [5.74, 6) is 0.209. The largest absolute Gasteiger partial charge is 0.346 e. The highest BCUT2D eigenvalue weighted by Gasteiger charge is 2.27. The molecular formula is C19H17N5O. The summed E-state index contributed by atoms with van der Waals surface area (Å²) in [6.45, 7) is 1.40. The van der Waals surface area contributed by atoms with Gasteiger partial charge < -0.3 is 9.88 Å². The van der Waals surface area contributed by atoms with Gasteiger partial charge in [-0.1, -0.05) is 0 Å².